The predicted molar refractivity (Wildman–Crippen MR) is 131 cm³/mol. The highest BCUT2D eigenvalue weighted by atomic mass is 35.5. The molecule has 0 saturated heterocycles. The Morgan fingerprint density at radius 1 is 0.970 bits per heavy atom. The molecule has 5 nitrogen and oxygen atoms in total. The molecular weight excluding hydrogens is 436 g/mol. The molecule has 4 aromatic rings. The number of rotatable bonds is 5. The third-order valence-electron chi connectivity index (χ3n) is 6.19. The Hall–Kier alpha value is -3.57. The number of benzene rings is 3. The highest BCUT2D eigenvalue weighted by Crippen LogP contribution is 2.28. The van der Waals surface area contributed by atoms with E-state index in [1.807, 2.05) is 24.3 Å². The number of carboxylic acids is 1. The number of carbonyl (C=O) groups is 1. The van der Waals surface area contributed by atoms with Crippen LogP contribution in [0.5, 0.6) is 0 Å². The van der Waals surface area contributed by atoms with Crippen molar-refractivity contribution < 1.29 is 9.90 Å². The van der Waals surface area contributed by atoms with Crippen molar-refractivity contribution in [3.8, 4) is 5.69 Å². The Kier molecular flexibility index (Phi) is 5.65. The van der Waals surface area contributed by atoms with Gasteiger partial charge in [-0.15, -0.1) is 0 Å². The van der Waals surface area contributed by atoms with Gasteiger partial charge < -0.3 is 5.11 Å². The van der Waals surface area contributed by atoms with Crippen molar-refractivity contribution in [1.29, 1.82) is 0 Å². The monoisotopic (exact) mass is 458 g/mol. The first-order valence-corrected chi connectivity index (χ1v) is 11.4. The first kappa shape index (κ1) is 21.3. The lowest BCUT2D eigenvalue weighted by atomic mass is 9.94. The molecule has 1 aliphatic rings. The summed E-state index contributed by atoms with van der Waals surface area (Å²) in [6, 6.07) is 20.1. The largest absolute Gasteiger partial charge is 0.478 e. The van der Waals surface area contributed by atoms with Gasteiger partial charge in [-0.05, 0) is 84.8 Å². The minimum absolute atomic E-state index is 0.194. The van der Waals surface area contributed by atoms with Crippen molar-refractivity contribution in [3.05, 3.63) is 105 Å². The van der Waals surface area contributed by atoms with Crippen LogP contribution in [0.3, 0.4) is 0 Å². The van der Waals surface area contributed by atoms with Gasteiger partial charge in [0, 0.05) is 5.02 Å². The van der Waals surface area contributed by atoms with E-state index in [0.717, 1.165) is 29.6 Å². The predicted octanol–water partition coefficient (Wildman–Crippen LogP) is 6.15. The molecule has 1 heterocycles. The lowest BCUT2D eigenvalue weighted by Gasteiger charge is -2.13. The molecule has 0 aliphatic heterocycles. The molecule has 0 atom stereocenters. The standard InChI is InChI=1S/C27H23ClN2O3/c28-22-11-14-24-25(16-22)30(23-12-9-20(10-13-23)19-6-2-1-3-7-19)27(33)29(24)17-18-5-4-8-21(15-18)26(31)32/h4-6,8-16H,1-3,7,17H2,(H,31,32). The molecule has 33 heavy (non-hydrogen) atoms. The molecule has 166 valence electrons. The molecule has 0 fully saturated rings. The molecule has 0 bridgehead atoms. The molecule has 0 spiro atoms. The number of nitrogens with zero attached hydrogens (tertiary/aromatic N) is 2. The summed E-state index contributed by atoms with van der Waals surface area (Å²) in [5.41, 5.74) is 5.52. The Balaban J connectivity index is 1.60. The first-order valence-electron chi connectivity index (χ1n) is 11.0. The number of allylic oxidation sites excluding steroid dienone is 2. The Bertz CT molecular complexity index is 1440. The van der Waals surface area contributed by atoms with Crippen LogP contribution in [0.25, 0.3) is 22.3 Å². The second-order valence-electron chi connectivity index (χ2n) is 8.36. The minimum Gasteiger partial charge on any atom is -0.478 e. The summed E-state index contributed by atoms with van der Waals surface area (Å²) in [4.78, 5) is 24.9. The van der Waals surface area contributed by atoms with E-state index in [1.54, 1.807) is 39.5 Å². The zero-order valence-electron chi connectivity index (χ0n) is 18.0. The molecule has 1 N–H and O–H groups in total. The number of aromatic nitrogens is 2. The Labute approximate surface area is 196 Å². The van der Waals surface area contributed by atoms with Crippen LogP contribution in [0.4, 0.5) is 0 Å². The molecule has 3 aromatic carbocycles. The third-order valence-corrected chi connectivity index (χ3v) is 6.43. The summed E-state index contributed by atoms with van der Waals surface area (Å²) >= 11 is 6.28. The van der Waals surface area contributed by atoms with E-state index in [2.05, 4.69) is 18.2 Å². The maximum absolute atomic E-state index is 13.6. The number of hydrogen-bond donors (Lipinski definition) is 1. The average molecular weight is 459 g/mol. The quantitative estimate of drug-likeness (QED) is 0.390. The normalized spacial score (nSPS) is 13.8. The van der Waals surface area contributed by atoms with Gasteiger partial charge in [0.15, 0.2) is 0 Å². The van der Waals surface area contributed by atoms with Crippen LogP contribution in [0, 0.1) is 0 Å². The lowest BCUT2D eigenvalue weighted by Crippen LogP contribution is -2.23. The SMILES string of the molecule is O=C(O)c1cccc(Cn2c(=O)n(-c3ccc(C4=CCCCC4)cc3)c3cc(Cl)ccc32)c1. The zero-order valence-corrected chi connectivity index (χ0v) is 18.8. The van der Waals surface area contributed by atoms with E-state index in [0.29, 0.717) is 10.5 Å². The molecular formula is C27H23ClN2O3. The van der Waals surface area contributed by atoms with Crippen LogP contribution in [-0.4, -0.2) is 20.2 Å². The molecule has 0 saturated carbocycles. The molecule has 6 heteroatoms. The fourth-order valence-corrected chi connectivity index (χ4v) is 4.71. The summed E-state index contributed by atoms with van der Waals surface area (Å²) in [7, 11) is 0. The van der Waals surface area contributed by atoms with Crippen LogP contribution < -0.4 is 5.69 Å². The zero-order chi connectivity index (χ0) is 22.9. The fraction of sp³-hybridized carbons (Fsp3) is 0.185. The minimum atomic E-state index is -0.994. The Morgan fingerprint density at radius 2 is 1.79 bits per heavy atom. The topological polar surface area (TPSA) is 64.2 Å². The summed E-state index contributed by atoms with van der Waals surface area (Å²) < 4.78 is 3.32. The van der Waals surface area contributed by atoms with Gasteiger partial charge in [0.2, 0.25) is 0 Å². The molecule has 5 rings (SSSR count). The van der Waals surface area contributed by atoms with E-state index >= 15 is 0 Å². The molecule has 1 aliphatic carbocycles. The highest BCUT2D eigenvalue weighted by Gasteiger charge is 2.16. The van der Waals surface area contributed by atoms with E-state index in [9.17, 15) is 14.7 Å². The molecule has 1 aromatic heterocycles. The van der Waals surface area contributed by atoms with E-state index in [4.69, 9.17) is 11.6 Å². The number of carboxylic acid groups (broad SMARTS) is 1. The molecule has 0 unspecified atom stereocenters. The summed E-state index contributed by atoms with van der Waals surface area (Å²) in [5.74, 6) is -0.994. The fourth-order valence-electron chi connectivity index (χ4n) is 4.54. The van der Waals surface area contributed by atoms with Crippen molar-refractivity contribution in [2.24, 2.45) is 0 Å². The maximum Gasteiger partial charge on any atom is 0.335 e. The number of hydrogen-bond acceptors (Lipinski definition) is 2. The van der Waals surface area contributed by atoms with Crippen LogP contribution in [0.1, 0.15) is 47.2 Å². The number of aromatic carboxylic acids is 1. The summed E-state index contributed by atoms with van der Waals surface area (Å²) in [6.45, 7) is 0.260. The van der Waals surface area contributed by atoms with Crippen LogP contribution in [0.15, 0.2) is 77.6 Å². The van der Waals surface area contributed by atoms with Crippen molar-refractivity contribution >= 4 is 34.2 Å². The van der Waals surface area contributed by atoms with Gasteiger partial charge in [-0.25, -0.2) is 9.59 Å². The van der Waals surface area contributed by atoms with Crippen LogP contribution in [-0.2, 0) is 6.54 Å². The second kappa shape index (κ2) is 8.75. The van der Waals surface area contributed by atoms with Gasteiger partial charge in [0.1, 0.15) is 0 Å². The Morgan fingerprint density at radius 3 is 2.52 bits per heavy atom. The van der Waals surface area contributed by atoms with Gasteiger partial charge in [-0.3, -0.25) is 9.13 Å². The van der Waals surface area contributed by atoms with Crippen molar-refractivity contribution in [2.45, 2.75) is 32.2 Å². The maximum atomic E-state index is 13.6. The molecule has 0 radical (unpaired) electrons. The summed E-state index contributed by atoms with van der Waals surface area (Å²) in [6.07, 6.45) is 6.96. The lowest BCUT2D eigenvalue weighted by molar-refractivity contribution is 0.0696. The van der Waals surface area contributed by atoms with Crippen LogP contribution in [0.2, 0.25) is 5.02 Å². The van der Waals surface area contributed by atoms with Crippen molar-refractivity contribution in [3.63, 3.8) is 0 Å². The average Bonchev–Trinajstić information content (AvgIpc) is 3.10. The van der Waals surface area contributed by atoms with Gasteiger partial charge >= 0.3 is 11.7 Å². The van der Waals surface area contributed by atoms with Gasteiger partial charge in [0.25, 0.3) is 0 Å². The van der Waals surface area contributed by atoms with Gasteiger partial charge in [0.05, 0.1) is 28.8 Å². The van der Waals surface area contributed by atoms with Crippen molar-refractivity contribution in [1.82, 2.24) is 9.13 Å². The van der Waals surface area contributed by atoms with Gasteiger partial charge in [-0.1, -0.05) is 41.9 Å². The van der Waals surface area contributed by atoms with E-state index < -0.39 is 5.97 Å². The number of fused-ring (bicyclic) bond motifs is 1. The smallest absolute Gasteiger partial charge is 0.335 e. The number of halogens is 1. The van der Waals surface area contributed by atoms with Gasteiger partial charge in [-0.2, -0.15) is 0 Å². The second-order valence-corrected chi connectivity index (χ2v) is 8.80. The summed E-state index contributed by atoms with van der Waals surface area (Å²) in [5, 5.41) is 9.86. The highest BCUT2D eigenvalue weighted by molar-refractivity contribution is 6.31. The van der Waals surface area contributed by atoms with Crippen molar-refractivity contribution in [2.75, 3.05) is 0 Å². The third kappa shape index (κ3) is 4.12. The van der Waals surface area contributed by atoms with E-state index in [1.165, 1.54) is 24.0 Å². The molecule has 0 amide bonds. The van der Waals surface area contributed by atoms with E-state index in [-0.39, 0.29) is 17.8 Å². The first-order chi connectivity index (χ1) is 16.0. The van der Waals surface area contributed by atoms with Crippen LogP contribution >= 0.6 is 11.6 Å². The number of imidazole rings is 1.